The lowest BCUT2D eigenvalue weighted by Crippen LogP contribution is -2.30. The van der Waals surface area contributed by atoms with Crippen LogP contribution in [0.4, 0.5) is 0 Å². The average molecular weight is 304 g/mol. The fourth-order valence-electron chi connectivity index (χ4n) is 1.91. The summed E-state index contributed by atoms with van der Waals surface area (Å²) in [4.78, 5) is 13.6. The van der Waals surface area contributed by atoms with Gasteiger partial charge in [-0.1, -0.05) is 30.4 Å². The van der Waals surface area contributed by atoms with Crippen LogP contribution in [0.3, 0.4) is 0 Å². The Bertz CT molecular complexity index is 665. The van der Waals surface area contributed by atoms with Crippen LogP contribution in [0.5, 0.6) is 0 Å². The molecule has 1 aromatic carbocycles. The fourth-order valence-corrected chi connectivity index (χ4v) is 2.92. The predicted molar refractivity (Wildman–Crippen MR) is 88.5 cm³/mol. The number of aryl methyl sites for hydroxylation is 1. The van der Waals surface area contributed by atoms with Gasteiger partial charge in [0.2, 0.25) is 0 Å². The Balaban J connectivity index is 2.12. The third kappa shape index (κ3) is 3.49. The summed E-state index contributed by atoms with van der Waals surface area (Å²) in [6, 6.07) is 13.7. The van der Waals surface area contributed by atoms with Crippen LogP contribution in [-0.2, 0) is 6.54 Å². The van der Waals surface area contributed by atoms with Gasteiger partial charge in [-0.2, -0.15) is 0 Å². The van der Waals surface area contributed by atoms with E-state index in [1.807, 2.05) is 31.2 Å². The molecule has 104 valence electrons. The Morgan fingerprint density at radius 3 is 2.60 bits per heavy atom. The van der Waals surface area contributed by atoms with E-state index in [0.717, 1.165) is 11.4 Å². The van der Waals surface area contributed by atoms with Crippen molar-refractivity contribution in [1.29, 1.82) is 0 Å². The van der Waals surface area contributed by atoms with Gasteiger partial charge in [-0.3, -0.25) is 4.79 Å². The first-order valence-electron chi connectivity index (χ1n) is 6.27. The summed E-state index contributed by atoms with van der Waals surface area (Å²) < 4.78 is 1.73. The van der Waals surface area contributed by atoms with E-state index in [0.29, 0.717) is 12.1 Å². The second kappa shape index (κ2) is 6.72. The molecular formula is C15H16N2OS2. The summed E-state index contributed by atoms with van der Waals surface area (Å²) in [7, 11) is 0. The molecule has 0 atom stereocenters. The lowest BCUT2D eigenvalue weighted by Gasteiger charge is -2.11. The van der Waals surface area contributed by atoms with Gasteiger partial charge in [-0.25, -0.2) is 0 Å². The molecule has 0 radical (unpaired) electrons. The maximum atomic E-state index is 12.3. The Kier molecular flexibility index (Phi) is 4.98. The minimum absolute atomic E-state index is 0.105. The first-order chi connectivity index (χ1) is 9.59. The molecule has 1 heterocycles. The van der Waals surface area contributed by atoms with Gasteiger partial charge in [0.25, 0.3) is 5.56 Å². The molecule has 3 nitrogen and oxygen atoms in total. The second-order valence-corrected chi connectivity index (χ2v) is 5.98. The Labute approximate surface area is 127 Å². The molecule has 2 N–H and O–H groups in total. The highest BCUT2D eigenvalue weighted by Gasteiger charge is 2.08. The van der Waals surface area contributed by atoms with Gasteiger partial charge in [-0.15, -0.1) is 11.8 Å². The van der Waals surface area contributed by atoms with Crippen LogP contribution in [0.15, 0.2) is 52.2 Å². The molecule has 0 amide bonds. The lowest BCUT2D eigenvalue weighted by atomic mass is 10.2. The van der Waals surface area contributed by atoms with E-state index in [-0.39, 0.29) is 10.5 Å². The van der Waals surface area contributed by atoms with Gasteiger partial charge >= 0.3 is 0 Å². The smallest absolute Gasteiger partial charge is 0.261 e. The molecule has 1 aromatic heterocycles. The van der Waals surface area contributed by atoms with Crippen molar-refractivity contribution in [2.24, 2.45) is 5.73 Å². The Hall–Kier alpha value is -1.59. The van der Waals surface area contributed by atoms with E-state index < -0.39 is 0 Å². The van der Waals surface area contributed by atoms with E-state index in [9.17, 15) is 4.79 Å². The maximum Gasteiger partial charge on any atom is 0.261 e. The van der Waals surface area contributed by atoms with Crippen LogP contribution in [0.25, 0.3) is 0 Å². The number of nitrogens with two attached hydrogens (primary N) is 1. The van der Waals surface area contributed by atoms with Crippen LogP contribution >= 0.6 is 24.0 Å². The summed E-state index contributed by atoms with van der Waals surface area (Å²) in [5.74, 6) is 0.825. The van der Waals surface area contributed by atoms with Crippen LogP contribution in [-0.4, -0.2) is 15.3 Å². The van der Waals surface area contributed by atoms with E-state index in [1.165, 1.54) is 4.90 Å². The molecule has 2 aromatic rings. The number of thiocarbonyl (C=S) groups is 1. The molecule has 20 heavy (non-hydrogen) atoms. The number of thioether (sulfide) groups is 1. The molecule has 2 rings (SSSR count). The molecule has 0 saturated heterocycles. The lowest BCUT2D eigenvalue weighted by molar-refractivity contribution is 0.706. The first-order valence-corrected chi connectivity index (χ1v) is 7.67. The van der Waals surface area contributed by atoms with Gasteiger partial charge in [0.05, 0.1) is 5.56 Å². The highest BCUT2D eigenvalue weighted by Crippen LogP contribution is 2.17. The van der Waals surface area contributed by atoms with Crippen LogP contribution in [0.1, 0.15) is 11.3 Å². The zero-order chi connectivity index (χ0) is 14.5. The first kappa shape index (κ1) is 14.8. The molecule has 0 bridgehead atoms. The maximum absolute atomic E-state index is 12.3. The summed E-state index contributed by atoms with van der Waals surface area (Å²) >= 11 is 6.62. The predicted octanol–water partition coefficient (Wildman–Crippen LogP) is 2.58. The largest absolute Gasteiger partial charge is 0.389 e. The number of hydrogen-bond acceptors (Lipinski definition) is 3. The number of pyridine rings is 1. The van der Waals surface area contributed by atoms with E-state index >= 15 is 0 Å². The van der Waals surface area contributed by atoms with Crippen molar-refractivity contribution in [2.75, 3.05) is 5.75 Å². The molecular weight excluding hydrogens is 288 g/mol. The molecule has 0 fully saturated rings. The van der Waals surface area contributed by atoms with E-state index in [4.69, 9.17) is 18.0 Å². The van der Waals surface area contributed by atoms with Crippen LogP contribution < -0.4 is 11.3 Å². The van der Waals surface area contributed by atoms with Crippen molar-refractivity contribution in [3.8, 4) is 0 Å². The highest BCUT2D eigenvalue weighted by molar-refractivity contribution is 7.99. The van der Waals surface area contributed by atoms with Gasteiger partial charge in [0.1, 0.15) is 4.99 Å². The SMILES string of the molecule is Cc1ccc(C(N)=S)c(=O)n1CCSc1ccccc1. The molecule has 0 aliphatic rings. The molecule has 0 aliphatic heterocycles. The summed E-state index contributed by atoms with van der Waals surface area (Å²) in [5, 5.41) is 0. The second-order valence-electron chi connectivity index (χ2n) is 4.37. The summed E-state index contributed by atoms with van der Waals surface area (Å²) in [6.07, 6.45) is 0. The topological polar surface area (TPSA) is 48.0 Å². The van der Waals surface area contributed by atoms with E-state index in [2.05, 4.69) is 12.1 Å². The average Bonchev–Trinajstić information content (AvgIpc) is 2.43. The van der Waals surface area contributed by atoms with Crippen molar-refractivity contribution < 1.29 is 0 Å². The fraction of sp³-hybridized carbons (Fsp3) is 0.200. The number of benzene rings is 1. The van der Waals surface area contributed by atoms with Crippen LogP contribution in [0, 0.1) is 6.92 Å². The zero-order valence-corrected chi connectivity index (χ0v) is 12.8. The number of hydrogen-bond donors (Lipinski definition) is 1. The number of nitrogens with zero attached hydrogens (tertiary/aromatic N) is 1. The Morgan fingerprint density at radius 1 is 1.25 bits per heavy atom. The molecule has 0 saturated carbocycles. The minimum atomic E-state index is -0.105. The Morgan fingerprint density at radius 2 is 1.95 bits per heavy atom. The third-order valence-corrected chi connectivity index (χ3v) is 4.20. The molecule has 0 unspecified atom stereocenters. The van der Waals surface area contributed by atoms with Crippen molar-refractivity contribution >= 4 is 29.0 Å². The minimum Gasteiger partial charge on any atom is -0.389 e. The molecule has 5 heteroatoms. The number of rotatable bonds is 5. The van der Waals surface area contributed by atoms with Crippen molar-refractivity contribution in [2.45, 2.75) is 18.4 Å². The molecule has 0 aliphatic carbocycles. The molecule has 0 spiro atoms. The van der Waals surface area contributed by atoms with Gasteiger partial charge in [0, 0.05) is 22.9 Å². The van der Waals surface area contributed by atoms with E-state index in [1.54, 1.807) is 22.4 Å². The van der Waals surface area contributed by atoms with Gasteiger partial charge in [0.15, 0.2) is 0 Å². The van der Waals surface area contributed by atoms with Crippen LogP contribution in [0.2, 0.25) is 0 Å². The van der Waals surface area contributed by atoms with Crippen molar-refractivity contribution in [3.63, 3.8) is 0 Å². The van der Waals surface area contributed by atoms with Crippen molar-refractivity contribution in [1.82, 2.24) is 4.57 Å². The zero-order valence-electron chi connectivity index (χ0n) is 11.2. The summed E-state index contributed by atoms with van der Waals surface area (Å²) in [6.45, 7) is 2.55. The summed E-state index contributed by atoms with van der Waals surface area (Å²) in [5.41, 5.74) is 6.79. The quantitative estimate of drug-likeness (QED) is 0.681. The monoisotopic (exact) mass is 304 g/mol. The standard InChI is InChI=1S/C15H16N2OS2/c1-11-7-8-13(14(16)19)15(18)17(11)9-10-20-12-5-3-2-4-6-12/h2-8H,9-10H2,1H3,(H2,16,19). The highest BCUT2D eigenvalue weighted by atomic mass is 32.2. The van der Waals surface area contributed by atoms with Crippen molar-refractivity contribution in [3.05, 3.63) is 64.1 Å². The van der Waals surface area contributed by atoms with Gasteiger partial charge < -0.3 is 10.3 Å². The number of aromatic nitrogens is 1. The van der Waals surface area contributed by atoms with Gasteiger partial charge in [-0.05, 0) is 31.2 Å². The normalized spacial score (nSPS) is 10.4. The third-order valence-electron chi connectivity index (χ3n) is 2.98.